The van der Waals surface area contributed by atoms with Crippen molar-refractivity contribution in [1.29, 1.82) is 0 Å². The topological polar surface area (TPSA) is 114 Å². The molecule has 2 aromatic heterocycles. The first-order chi connectivity index (χ1) is 16.9. The van der Waals surface area contributed by atoms with E-state index in [9.17, 15) is 36.7 Å². The van der Waals surface area contributed by atoms with Crippen LogP contribution in [0.3, 0.4) is 0 Å². The number of carbonyl (C=O) groups excluding carboxylic acids is 2. The van der Waals surface area contributed by atoms with Crippen molar-refractivity contribution >= 4 is 28.2 Å². The number of benzene rings is 1. The number of rotatable bonds is 6. The van der Waals surface area contributed by atoms with Gasteiger partial charge in [0.05, 0.1) is 17.5 Å². The molecule has 0 bridgehead atoms. The number of nitrogens with one attached hydrogen (secondary N) is 2. The van der Waals surface area contributed by atoms with Crippen molar-refractivity contribution < 1.29 is 41.3 Å². The lowest BCUT2D eigenvalue weighted by molar-refractivity contribution is -0.895. The maximum atomic E-state index is 14.2. The highest BCUT2D eigenvalue weighted by molar-refractivity contribution is 7.14. The van der Waals surface area contributed by atoms with Gasteiger partial charge in [0.2, 0.25) is 11.7 Å². The number of ether oxygens (including phenoxy) is 1. The van der Waals surface area contributed by atoms with E-state index in [1.165, 1.54) is 23.2 Å². The lowest BCUT2D eigenvalue weighted by atomic mass is 9.96. The van der Waals surface area contributed by atoms with E-state index in [1.807, 2.05) is 0 Å². The lowest BCUT2D eigenvalue weighted by Crippen LogP contribution is -3.13. The number of halogens is 5. The molecule has 3 aromatic rings. The molecule has 3 unspecified atom stereocenters. The van der Waals surface area contributed by atoms with Crippen molar-refractivity contribution in [2.24, 2.45) is 0 Å². The molecule has 3 atom stereocenters. The summed E-state index contributed by atoms with van der Waals surface area (Å²) in [4.78, 5) is 29.2. The fourth-order valence-corrected chi connectivity index (χ4v) is 4.46. The summed E-state index contributed by atoms with van der Waals surface area (Å²) in [6.45, 7) is 0.956. The molecule has 15 heteroatoms. The molecule has 9 nitrogen and oxygen atoms in total. The van der Waals surface area contributed by atoms with Gasteiger partial charge in [0.1, 0.15) is 18.3 Å². The molecule has 4 rings (SSSR count). The second kappa shape index (κ2) is 9.55. The minimum atomic E-state index is -4.77. The van der Waals surface area contributed by atoms with Crippen LogP contribution in [0.15, 0.2) is 23.7 Å². The van der Waals surface area contributed by atoms with Crippen molar-refractivity contribution in [3.8, 4) is 17.0 Å². The Morgan fingerprint density at radius 2 is 1.92 bits per heavy atom. The summed E-state index contributed by atoms with van der Waals surface area (Å²) in [5.74, 6) is -4.88. The summed E-state index contributed by atoms with van der Waals surface area (Å²) in [5.41, 5.74) is 0.603. The number of carbonyl (C=O) groups is 2. The fourth-order valence-electron chi connectivity index (χ4n) is 3.73. The van der Waals surface area contributed by atoms with Crippen LogP contribution >= 0.6 is 11.3 Å². The molecule has 3 heterocycles. The Labute approximate surface area is 204 Å². The third-order valence-corrected chi connectivity index (χ3v) is 6.29. The molecule has 0 saturated heterocycles. The molecule has 1 amide bonds. The number of nitrogens with zero attached hydrogens (tertiary/aromatic N) is 3. The standard InChI is InChI=1S/C21H18F5N5O4S/c1-9-12-5-27-30(17(12)18(33)10(2)31(9)34)6-16(32)29-20-28-15(7-36-20)11-3-13(22)19(14(23)4-11)35-8-21(24,25)26/h3-5,7,9-10,31H,6,8H2,1-2H3,(H,28,29,32). The highest BCUT2D eigenvalue weighted by atomic mass is 32.1. The van der Waals surface area contributed by atoms with E-state index in [4.69, 9.17) is 0 Å². The summed E-state index contributed by atoms with van der Waals surface area (Å²) in [5, 5.41) is 20.0. The average Bonchev–Trinajstić information content (AvgIpc) is 3.42. The van der Waals surface area contributed by atoms with Crippen molar-refractivity contribution in [1.82, 2.24) is 14.8 Å². The third-order valence-electron chi connectivity index (χ3n) is 5.53. The van der Waals surface area contributed by atoms with Crippen molar-refractivity contribution in [3.05, 3.63) is 51.8 Å². The molecule has 1 aromatic carbocycles. The number of aromatic nitrogens is 3. The third kappa shape index (κ3) is 5.08. The highest BCUT2D eigenvalue weighted by Gasteiger charge is 2.38. The van der Waals surface area contributed by atoms with E-state index in [2.05, 4.69) is 20.1 Å². The normalized spacial score (nSPS) is 19.8. The van der Waals surface area contributed by atoms with Gasteiger partial charge < -0.3 is 20.3 Å². The molecule has 1 aliphatic heterocycles. The molecular formula is C21H18F5N5O4S. The maximum Gasteiger partial charge on any atom is 0.422 e. The fraction of sp³-hybridized carbons (Fsp3) is 0.333. The van der Waals surface area contributed by atoms with Crippen LogP contribution in [0.25, 0.3) is 11.3 Å². The second-order valence-corrected chi connectivity index (χ2v) is 8.93. The van der Waals surface area contributed by atoms with Crippen LogP contribution in [0.4, 0.5) is 27.1 Å². The predicted molar refractivity (Wildman–Crippen MR) is 116 cm³/mol. The Kier molecular flexibility index (Phi) is 6.81. The number of amides is 1. The zero-order valence-corrected chi connectivity index (χ0v) is 19.5. The number of fused-ring (bicyclic) bond motifs is 1. The Bertz CT molecular complexity index is 1300. The molecule has 0 radical (unpaired) electrons. The van der Waals surface area contributed by atoms with Gasteiger partial charge in [-0.2, -0.15) is 18.3 Å². The summed E-state index contributed by atoms with van der Waals surface area (Å²) >= 11 is 0.936. The van der Waals surface area contributed by atoms with E-state index in [0.717, 1.165) is 23.5 Å². The highest BCUT2D eigenvalue weighted by Crippen LogP contribution is 2.32. The van der Waals surface area contributed by atoms with Crippen molar-refractivity contribution in [3.63, 3.8) is 0 Å². The Morgan fingerprint density at radius 3 is 2.56 bits per heavy atom. The lowest BCUT2D eigenvalue weighted by Gasteiger charge is -2.37. The van der Waals surface area contributed by atoms with Gasteiger partial charge in [-0.15, -0.1) is 11.3 Å². The first kappa shape index (κ1) is 25.7. The molecule has 192 valence electrons. The van der Waals surface area contributed by atoms with E-state index in [0.29, 0.717) is 5.56 Å². The average molecular weight is 531 g/mol. The van der Waals surface area contributed by atoms with E-state index < -0.39 is 53.9 Å². The Hall–Kier alpha value is -3.43. The maximum absolute atomic E-state index is 14.2. The van der Waals surface area contributed by atoms with Crippen molar-refractivity contribution in [2.75, 3.05) is 11.9 Å². The number of anilines is 1. The van der Waals surface area contributed by atoms with Gasteiger partial charge in [0.25, 0.3) is 0 Å². The van der Waals surface area contributed by atoms with Crippen LogP contribution in [0.5, 0.6) is 5.75 Å². The smallest absolute Gasteiger partial charge is 0.422 e. The zero-order valence-electron chi connectivity index (χ0n) is 18.7. The van der Waals surface area contributed by atoms with Gasteiger partial charge in [-0.25, -0.2) is 13.8 Å². The van der Waals surface area contributed by atoms with Gasteiger partial charge in [0.15, 0.2) is 35.2 Å². The van der Waals surface area contributed by atoms with E-state index in [1.54, 1.807) is 6.92 Å². The second-order valence-electron chi connectivity index (χ2n) is 8.08. The number of alkyl halides is 3. The van der Waals surface area contributed by atoms with Gasteiger partial charge in [0, 0.05) is 10.9 Å². The van der Waals surface area contributed by atoms with Gasteiger partial charge in [-0.1, -0.05) is 0 Å². The summed E-state index contributed by atoms with van der Waals surface area (Å²) < 4.78 is 70.6. The molecule has 0 aliphatic carbocycles. The number of quaternary nitrogens is 1. The molecule has 0 saturated carbocycles. The van der Waals surface area contributed by atoms with Gasteiger partial charge in [-0.3, -0.25) is 14.3 Å². The molecule has 0 fully saturated rings. The number of ketones is 1. The zero-order chi connectivity index (χ0) is 26.4. The minimum absolute atomic E-state index is 0.0586. The van der Waals surface area contributed by atoms with Crippen molar-refractivity contribution in [2.45, 2.75) is 38.7 Å². The van der Waals surface area contributed by atoms with E-state index in [-0.39, 0.29) is 33.7 Å². The molecular weight excluding hydrogens is 513 g/mol. The number of thiazole rings is 1. The summed E-state index contributed by atoms with van der Waals surface area (Å²) in [6.07, 6.45) is -3.39. The van der Waals surface area contributed by atoms with E-state index >= 15 is 0 Å². The first-order valence-corrected chi connectivity index (χ1v) is 11.3. The van der Waals surface area contributed by atoms with Crippen LogP contribution in [-0.4, -0.2) is 45.3 Å². The SMILES string of the molecule is CC1C(=O)c2c(cnn2CC(=O)Nc2nc(-c3cc(F)c(OCC(F)(F)F)c(F)c3)cs2)C(C)[NH+]1[O-]. The quantitative estimate of drug-likeness (QED) is 0.374. The number of hydrogen-bond acceptors (Lipinski definition) is 7. The molecule has 2 N–H and O–H groups in total. The summed E-state index contributed by atoms with van der Waals surface area (Å²) in [6, 6.07) is 0.150. The molecule has 1 aliphatic rings. The van der Waals surface area contributed by atoms with Gasteiger partial charge in [-0.05, 0) is 26.0 Å². The van der Waals surface area contributed by atoms with Crippen LogP contribution in [-0.2, 0) is 11.3 Å². The number of Topliss-reactive ketones (excluding diaryl/α,β-unsaturated/α-hetero) is 1. The van der Waals surface area contributed by atoms with Crippen LogP contribution in [0, 0.1) is 16.8 Å². The Morgan fingerprint density at radius 1 is 1.25 bits per heavy atom. The van der Waals surface area contributed by atoms with Crippen LogP contribution in [0.1, 0.15) is 35.9 Å². The Balaban J connectivity index is 1.46. The van der Waals surface area contributed by atoms with Crippen LogP contribution < -0.4 is 15.1 Å². The minimum Gasteiger partial charge on any atom is -0.633 e. The predicted octanol–water partition coefficient (Wildman–Crippen LogP) is 2.89. The number of hydroxylamine groups is 2. The van der Waals surface area contributed by atoms with Gasteiger partial charge >= 0.3 is 6.18 Å². The summed E-state index contributed by atoms with van der Waals surface area (Å²) in [7, 11) is 0. The first-order valence-electron chi connectivity index (χ1n) is 10.4. The largest absolute Gasteiger partial charge is 0.633 e. The van der Waals surface area contributed by atoms with Crippen LogP contribution in [0.2, 0.25) is 0 Å². The monoisotopic (exact) mass is 531 g/mol. The number of hydrogen-bond donors (Lipinski definition) is 2. The molecule has 0 spiro atoms. The molecule has 36 heavy (non-hydrogen) atoms.